The molecule has 0 spiro atoms. The summed E-state index contributed by atoms with van der Waals surface area (Å²) in [5.74, 6) is 1.17. The smallest absolute Gasteiger partial charge is 0.261 e. The van der Waals surface area contributed by atoms with Gasteiger partial charge < -0.3 is 10.2 Å². The molecule has 2 aromatic rings. The SMILES string of the molecule is CN=C(NCCCCN1C(=O)c2ccccc2C1=O)N1CCC(Cc2cnn(C)c2)C1.I. The summed E-state index contributed by atoms with van der Waals surface area (Å²) >= 11 is 0. The zero-order valence-corrected chi connectivity index (χ0v) is 21.0. The largest absolute Gasteiger partial charge is 0.356 e. The van der Waals surface area contributed by atoms with Crippen molar-refractivity contribution in [3.05, 3.63) is 53.3 Å². The van der Waals surface area contributed by atoms with Crippen LogP contribution < -0.4 is 5.32 Å². The Bertz CT molecular complexity index is 953. The second-order valence-electron chi connectivity index (χ2n) is 8.32. The third-order valence-corrected chi connectivity index (χ3v) is 6.05. The number of imide groups is 1. The molecule has 172 valence electrons. The molecule has 0 aliphatic carbocycles. The van der Waals surface area contributed by atoms with Gasteiger partial charge in [0.25, 0.3) is 11.8 Å². The van der Waals surface area contributed by atoms with Gasteiger partial charge in [-0.15, -0.1) is 24.0 Å². The molecular formula is C23H31IN6O2. The Hall–Kier alpha value is -2.43. The quantitative estimate of drug-likeness (QED) is 0.189. The number of aryl methyl sites for hydroxylation is 1. The number of hydrogen-bond acceptors (Lipinski definition) is 4. The van der Waals surface area contributed by atoms with Crippen LogP contribution in [-0.2, 0) is 13.5 Å². The number of aromatic nitrogens is 2. The monoisotopic (exact) mass is 550 g/mol. The molecule has 2 amide bonds. The molecule has 8 nitrogen and oxygen atoms in total. The Morgan fingerprint density at radius 3 is 2.53 bits per heavy atom. The first kappa shape index (κ1) is 24.2. The first-order valence-corrected chi connectivity index (χ1v) is 10.9. The predicted molar refractivity (Wildman–Crippen MR) is 134 cm³/mol. The lowest BCUT2D eigenvalue weighted by molar-refractivity contribution is 0.0652. The summed E-state index contributed by atoms with van der Waals surface area (Å²) < 4.78 is 1.85. The third-order valence-electron chi connectivity index (χ3n) is 6.05. The lowest BCUT2D eigenvalue weighted by atomic mass is 10.0. The molecule has 9 heteroatoms. The third kappa shape index (κ3) is 5.31. The van der Waals surface area contributed by atoms with E-state index in [1.54, 1.807) is 24.3 Å². The van der Waals surface area contributed by atoms with Crippen molar-refractivity contribution < 1.29 is 9.59 Å². The first-order chi connectivity index (χ1) is 15.1. The summed E-state index contributed by atoms with van der Waals surface area (Å²) in [4.78, 5) is 33.0. The molecule has 1 saturated heterocycles. The summed E-state index contributed by atoms with van der Waals surface area (Å²) in [7, 11) is 3.76. The van der Waals surface area contributed by atoms with Crippen molar-refractivity contribution >= 4 is 41.8 Å². The first-order valence-electron chi connectivity index (χ1n) is 10.9. The highest BCUT2D eigenvalue weighted by atomic mass is 127. The number of benzene rings is 1. The highest BCUT2D eigenvalue weighted by Gasteiger charge is 2.34. The van der Waals surface area contributed by atoms with Gasteiger partial charge in [-0.25, -0.2) is 0 Å². The molecule has 2 aliphatic heterocycles. The molecule has 1 fully saturated rings. The minimum absolute atomic E-state index is 0. The maximum absolute atomic E-state index is 12.4. The average Bonchev–Trinajstić information content (AvgIpc) is 3.46. The Balaban J connectivity index is 0.00000289. The molecule has 0 saturated carbocycles. The second-order valence-corrected chi connectivity index (χ2v) is 8.32. The van der Waals surface area contributed by atoms with Crippen LogP contribution in [0.3, 0.4) is 0 Å². The standard InChI is InChI=1S/C23H30N6O2.HI/c1-24-23(28-12-9-17(16-28)13-18-14-26-27(2)15-18)25-10-5-6-11-29-21(30)19-7-3-4-8-20(19)22(29)31;/h3-4,7-8,14-15,17H,5-6,9-13,16H2,1-2H3,(H,24,25);1H. The Morgan fingerprint density at radius 2 is 1.91 bits per heavy atom. The lowest BCUT2D eigenvalue weighted by Crippen LogP contribution is -2.40. The van der Waals surface area contributed by atoms with Gasteiger partial charge in [-0.05, 0) is 49.3 Å². The van der Waals surface area contributed by atoms with Crippen LogP contribution in [0.4, 0.5) is 0 Å². The van der Waals surface area contributed by atoms with Crippen molar-refractivity contribution in [2.24, 2.45) is 18.0 Å². The molecule has 1 unspecified atom stereocenters. The maximum Gasteiger partial charge on any atom is 0.261 e. The fourth-order valence-corrected chi connectivity index (χ4v) is 4.47. The fraction of sp³-hybridized carbons (Fsp3) is 0.478. The average molecular weight is 550 g/mol. The van der Waals surface area contributed by atoms with Crippen molar-refractivity contribution in [1.29, 1.82) is 0 Å². The van der Waals surface area contributed by atoms with Crippen LogP contribution in [0.1, 0.15) is 45.5 Å². The van der Waals surface area contributed by atoms with Crippen LogP contribution in [0.2, 0.25) is 0 Å². The van der Waals surface area contributed by atoms with Gasteiger partial charge in [-0.1, -0.05) is 12.1 Å². The molecule has 1 aromatic carbocycles. The van der Waals surface area contributed by atoms with Gasteiger partial charge in [0.1, 0.15) is 0 Å². The van der Waals surface area contributed by atoms with E-state index in [1.165, 1.54) is 10.5 Å². The van der Waals surface area contributed by atoms with Crippen LogP contribution >= 0.6 is 24.0 Å². The molecule has 0 bridgehead atoms. The Labute approximate surface area is 206 Å². The zero-order valence-electron chi connectivity index (χ0n) is 18.7. The van der Waals surface area contributed by atoms with Gasteiger partial charge in [-0.3, -0.25) is 24.2 Å². The summed E-state index contributed by atoms with van der Waals surface area (Å²) in [6.45, 7) is 3.20. The zero-order chi connectivity index (χ0) is 21.8. The molecule has 32 heavy (non-hydrogen) atoms. The molecular weight excluding hydrogens is 519 g/mol. The number of halogens is 1. The van der Waals surface area contributed by atoms with E-state index in [9.17, 15) is 9.59 Å². The topological polar surface area (TPSA) is 82.8 Å². The van der Waals surface area contributed by atoms with E-state index in [2.05, 4.69) is 26.5 Å². The van der Waals surface area contributed by atoms with E-state index >= 15 is 0 Å². The number of rotatable bonds is 7. The second kappa shape index (κ2) is 10.9. The number of amides is 2. The molecule has 4 rings (SSSR count). The normalized spacial score (nSPS) is 18.2. The molecule has 1 N–H and O–H groups in total. The summed E-state index contributed by atoms with van der Waals surface area (Å²) in [5.41, 5.74) is 2.31. The van der Waals surface area contributed by atoms with E-state index in [0.29, 0.717) is 23.6 Å². The van der Waals surface area contributed by atoms with Crippen LogP contribution in [0.15, 0.2) is 41.7 Å². The fourth-order valence-electron chi connectivity index (χ4n) is 4.47. The van der Waals surface area contributed by atoms with Gasteiger partial charge in [0.05, 0.1) is 17.3 Å². The Kier molecular flexibility index (Phi) is 8.27. The van der Waals surface area contributed by atoms with Gasteiger partial charge >= 0.3 is 0 Å². The number of guanidine groups is 1. The summed E-state index contributed by atoms with van der Waals surface area (Å²) in [6.07, 6.45) is 7.85. The molecule has 0 radical (unpaired) electrons. The molecule has 1 atom stereocenters. The van der Waals surface area contributed by atoms with Crippen LogP contribution in [0.5, 0.6) is 0 Å². The number of hydrogen-bond donors (Lipinski definition) is 1. The minimum atomic E-state index is -0.180. The van der Waals surface area contributed by atoms with E-state index in [0.717, 1.165) is 51.3 Å². The van der Waals surface area contributed by atoms with Gasteiger partial charge in [0.15, 0.2) is 5.96 Å². The van der Waals surface area contributed by atoms with E-state index in [4.69, 9.17) is 0 Å². The van der Waals surface area contributed by atoms with Crippen molar-refractivity contribution in [1.82, 2.24) is 24.9 Å². The van der Waals surface area contributed by atoms with Crippen molar-refractivity contribution in [3.63, 3.8) is 0 Å². The number of fused-ring (bicyclic) bond motifs is 1. The number of likely N-dealkylation sites (tertiary alicyclic amines) is 1. The van der Waals surface area contributed by atoms with Crippen LogP contribution in [-0.4, -0.2) is 70.6 Å². The molecule has 1 aromatic heterocycles. The van der Waals surface area contributed by atoms with Crippen LogP contribution in [0, 0.1) is 5.92 Å². The van der Waals surface area contributed by atoms with E-state index in [1.807, 2.05) is 25.0 Å². The number of aliphatic imine (C=N–C) groups is 1. The lowest BCUT2D eigenvalue weighted by Gasteiger charge is -2.22. The van der Waals surface area contributed by atoms with E-state index in [-0.39, 0.29) is 35.8 Å². The van der Waals surface area contributed by atoms with Crippen molar-refractivity contribution in [2.45, 2.75) is 25.7 Å². The molecule has 3 heterocycles. The summed E-state index contributed by atoms with van der Waals surface area (Å²) in [6, 6.07) is 7.03. The highest BCUT2D eigenvalue weighted by Crippen LogP contribution is 2.23. The van der Waals surface area contributed by atoms with Gasteiger partial charge in [0, 0.05) is 46.5 Å². The number of unbranched alkanes of at least 4 members (excludes halogenated alkanes) is 1. The highest BCUT2D eigenvalue weighted by molar-refractivity contribution is 14.0. The number of nitrogens with zero attached hydrogens (tertiary/aromatic N) is 5. The van der Waals surface area contributed by atoms with Crippen molar-refractivity contribution in [2.75, 3.05) is 33.2 Å². The number of nitrogens with one attached hydrogen (secondary N) is 1. The van der Waals surface area contributed by atoms with E-state index < -0.39 is 0 Å². The van der Waals surface area contributed by atoms with Crippen LogP contribution in [0.25, 0.3) is 0 Å². The Morgan fingerprint density at radius 1 is 1.19 bits per heavy atom. The van der Waals surface area contributed by atoms with Gasteiger partial charge in [0.2, 0.25) is 0 Å². The summed E-state index contributed by atoms with van der Waals surface area (Å²) in [5, 5.41) is 7.69. The van der Waals surface area contributed by atoms with Crippen molar-refractivity contribution in [3.8, 4) is 0 Å². The minimum Gasteiger partial charge on any atom is -0.356 e. The molecule has 2 aliphatic rings. The number of carbonyl (C=O) groups excluding carboxylic acids is 2. The predicted octanol–water partition coefficient (Wildman–Crippen LogP) is 2.55. The maximum atomic E-state index is 12.4. The van der Waals surface area contributed by atoms with Gasteiger partial charge in [-0.2, -0.15) is 5.10 Å². The number of carbonyl (C=O) groups is 2.